The van der Waals surface area contributed by atoms with E-state index in [1.54, 1.807) is 12.1 Å². The van der Waals surface area contributed by atoms with Gasteiger partial charge in [0.25, 0.3) is 0 Å². The van der Waals surface area contributed by atoms with Crippen molar-refractivity contribution in [3.8, 4) is 0 Å². The summed E-state index contributed by atoms with van der Waals surface area (Å²) in [6, 6.07) is 10.5. The Bertz CT molecular complexity index is 756. The third kappa shape index (κ3) is 3.75. The first kappa shape index (κ1) is 15.8. The molecule has 0 aliphatic heterocycles. The lowest BCUT2D eigenvalue weighted by Gasteiger charge is -2.13. The van der Waals surface area contributed by atoms with Crippen molar-refractivity contribution < 1.29 is 8.42 Å². The van der Waals surface area contributed by atoms with Gasteiger partial charge in [0.05, 0.1) is 5.69 Å². The standard InChI is InChI=1S/C14H16BrN3O2S/c1-9-5-10(15)7-12(6-9)18-13-4-3-11(16)8-14(13)21(19,20)17-2/h3-8,17-18H,16H2,1-2H3. The summed E-state index contributed by atoms with van der Waals surface area (Å²) in [5, 5.41) is 3.12. The van der Waals surface area contributed by atoms with Gasteiger partial charge in [0.15, 0.2) is 0 Å². The fourth-order valence-corrected chi connectivity index (χ4v) is 3.47. The molecule has 0 fully saturated rings. The van der Waals surface area contributed by atoms with E-state index in [-0.39, 0.29) is 4.90 Å². The van der Waals surface area contributed by atoms with E-state index in [4.69, 9.17) is 5.73 Å². The van der Waals surface area contributed by atoms with Crippen molar-refractivity contribution >= 4 is 43.0 Å². The van der Waals surface area contributed by atoms with Crippen LogP contribution in [0.25, 0.3) is 0 Å². The fourth-order valence-electron chi connectivity index (χ4n) is 1.94. The molecule has 0 aliphatic carbocycles. The average Bonchev–Trinajstić information content (AvgIpc) is 2.39. The third-order valence-corrected chi connectivity index (χ3v) is 4.80. The Labute approximate surface area is 132 Å². The number of nitrogens with one attached hydrogen (secondary N) is 2. The van der Waals surface area contributed by atoms with Gasteiger partial charge in [-0.05, 0) is 55.9 Å². The van der Waals surface area contributed by atoms with E-state index in [0.29, 0.717) is 11.4 Å². The van der Waals surface area contributed by atoms with Crippen LogP contribution >= 0.6 is 15.9 Å². The Balaban J connectivity index is 2.49. The van der Waals surface area contributed by atoms with Crippen molar-refractivity contribution in [3.05, 3.63) is 46.4 Å². The van der Waals surface area contributed by atoms with Gasteiger partial charge in [-0.1, -0.05) is 15.9 Å². The lowest BCUT2D eigenvalue weighted by atomic mass is 10.2. The fraction of sp³-hybridized carbons (Fsp3) is 0.143. The molecule has 0 unspecified atom stereocenters. The highest BCUT2D eigenvalue weighted by Crippen LogP contribution is 2.28. The Hall–Kier alpha value is -1.57. The number of anilines is 3. The van der Waals surface area contributed by atoms with E-state index >= 15 is 0 Å². The van der Waals surface area contributed by atoms with Crippen LogP contribution in [0.4, 0.5) is 17.1 Å². The van der Waals surface area contributed by atoms with Gasteiger partial charge in [0.2, 0.25) is 10.0 Å². The van der Waals surface area contributed by atoms with Crippen molar-refractivity contribution in [2.45, 2.75) is 11.8 Å². The normalized spacial score (nSPS) is 11.4. The maximum atomic E-state index is 12.1. The van der Waals surface area contributed by atoms with Crippen molar-refractivity contribution in [1.82, 2.24) is 4.72 Å². The molecule has 0 heterocycles. The van der Waals surface area contributed by atoms with Crippen LogP contribution in [0.3, 0.4) is 0 Å². The van der Waals surface area contributed by atoms with Gasteiger partial charge in [-0.15, -0.1) is 0 Å². The molecular formula is C14H16BrN3O2S. The predicted molar refractivity (Wildman–Crippen MR) is 89.3 cm³/mol. The first-order chi connectivity index (χ1) is 9.81. The van der Waals surface area contributed by atoms with E-state index in [1.807, 2.05) is 25.1 Å². The Morgan fingerprint density at radius 1 is 1.14 bits per heavy atom. The Morgan fingerprint density at radius 2 is 1.86 bits per heavy atom. The second kappa shape index (κ2) is 6.05. The number of nitrogens with two attached hydrogens (primary N) is 1. The van der Waals surface area contributed by atoms with Crippen LogP contribution in [-0.4, -0.2) is 15.5 Å². The number of nitrogen functional groups attached to an aromatic ring is 1. The first-order valence-corrected chi connectivity index (χ1v) is 8.47. The van der Waals surface area contributed by atoms with Crippen LogP contribution in [-0.2, 0) is 10.0 Å². The van der Waals surface area contributed by atoms with Gasteiger partial charge in [0, 0.05) is 15.8 Å². The van der Waals surface area contributed by atoms with E-state index in [0.717, 1.165) is 15.7 Å². The molecule has 0 radical (unpaired) electrons. The summed E-state index contributed by atoms with van der Waals surface area (Å²) in [5.74, 6) is 0. The Morgan fingerprint density at radius 3 is 2.48 bits per heavy atom. The smallest absolute Gasteiger partial charge is 0.242 e. The summed E-state index contributed by atoms with van der Waals surface area (Å²) >= 11 is 3.42. The van der Waals surface area contributed by atoms with Crippen LogP contribution in [0.1, 0.15) is 5.56 Å². The first-order valence-electron chi connectivity index (χ1n) is 6.19. The van der Waals surface area contributed by atoms with E-state index in [2.05, 4.69) is 26.0 Å². The second-order valence-electron chi connectivity index (χ2n) is 4.61. The third-order valence-electron chi connectivity index (χ3n) is 2.89. The molecule has 0 spiro atoms. The number of hydrogen-bond acceptors (Lipinski definition) is 4. The highest BCUT2D eigenvalue weighted by Gasteiger charge is 2.17. The number of halogens is 1. The molecular weight excluding hydrogens is 354 g/mol. The molecule has 21 heavy (non-hydrogen) atoms. The molecule has 2 aromatic carbocycles. The van der Waals surface area contributed by atoms with Crippen LogP contribution in [0.15, 0.2) is 45.8 Å². The van der Waals surface area contributed by atoms with E-state index < -0.39 is 10.0 Å². The zero-order valence-electron chi connectivity index (χ0n) is 11.6. The van der Waals surface area contributed by atoms with Gasteiger partial charge in [-0.2, -0.15) is 0 Å². The number of benzene rings is 2. The van der Waals surface area contributed by atoms with E-state index in [9.17, 15) is 8.42 Å². The van der Waals surface area contributed by atoms with Crippen LogP contribution in [0, 0.1) is 6.92 Å². The number of hydrogen-bond donors (Lipinski definition) is 3. The monoisotopic (exact) mass is 369 g/mol. The molecule has 0 amide bonds. The molecule has 0 saturated carbocycles. The molecule has 0 aliphatic rings. The van der Waals surface area contributed by atoms with Gasteiger partial charge >= 0.3 is 0 Å². The number of sulfonamides is 1. The lowest BCUT2D eigenvalue weighted by molar-refractivity contribution is 0.588. The summed E-state index contributed by atoms with van der Waals surface area (Å²) in [6.07, 6.45) is 0. The topological polar surface area (TPSA) is 84.2 Å². The molecule has 0 bridgehead atoms. The zero-order valence-corrected chi connectivity index (χ0v) is 14.0. The predicted octanol–water partition coefficient (Wildman–Crippen LogP) is 2.99. The molecule has 2 rings (SSSR count). The molecule has 0 atom stereocenters. The molecule has 7 heteroatoms. The highest BCUT2D eigenvalue weighted by molar-refractivity contribution is 9.10. The molecule has 2 aromatic rings. The molecule has 4 N–H and O–H groups in total. The van der Waals surface area contributed by atoms with Crippen molar-refractivity contribution in [2.24, 2.45) is 0 Å². The van der Waals surface area contributed by atoms with Gasteiger partial charge in [0.1, 0.15) is 4.90 Å². The largest absolute Gasteiger partial charge is 0.399 e. The summed E-state index contributed by atoms with van der Waals surface area (Å²) in [6.45, 7) is 1.96. The summed E-state index contributed by atoms with van der Waals surface area (Å²) in [4.78, 5) is 0.114. The molecule has 112 valence electrons. The Kier molecular flexibility index (Phi) is 4.55. The van der Waals surface area contributed by atoms with E-state index in [1.165, 1.54) is 13.1 Å². The quantitative estimate of drug-likeness (QED) is 0.723. The minimum Gasteiger partial charge on any atom is -0.399 e. The lowest BCUT2D eigenvalue weighted by Crippen LogP contribution is -2.20. The van der Waals surface area contributed by atoms with Gasteiger partial charge in [-0.25, -0.2) is 13.1 Å². The molecule has 5 nitrogen and oxygen atoms in total. The number of rotatable bonds is 4. The van der Waals surface area contributed by atoms with Crippen molar-refractivity contribution in [2.75, 3.05) is 18.1 Å². The van der Waals surface area contributed by atoms with Crippen LogP contribution in [0.2, 0.25) is 0 Å². The molecule has 0 saturated heterocycles. The maximum absolute atomic E-state index is 12.1. The summed E-state index contributed by atoms with van der Waals surface area (Å²) in [7, 11) is -2.23. The van der Waals surface area contributed by atoms with Crippen LogP contribution in [0.5, 0.6) is 0 Å². The maximum Gasteiger partial charge on any atom is 0.242 e. The zero-order chi connectivity index (χ0) is 15.6. The average molecular weight is 370 g/mol. The van der Waals surface area contributed by atoms with Crippen molar-refractivity contribution in [3.63, 3.8) is 0 Å². The minimum absolute atomic E-state index is 0.114. The summed E-state index contributed by atoms with van der Waals surface area (Å²) in [5.41, 5.74) is 8.40. The second-order valence-corrected chi connectivity index (χ2v) is 7.38. The van der Waals surface area contributed by atoms with Gasteiger partial charge < -0.3 is 11.1 Å². The highest BCUT2D eigenvalue weighted by atomic mass is 79.9. The minimum atomic E-state index is -3.60. The van der Waals surface area contributed by atoms with Crippen LogP contribution < -0.4 is 15.8 Å². The van der Waals surface area contributed by atoms with Crippen molar-refractivity contribution in [1.29, 1.82) is 0 Å². The van der Waals surface area contributed by atoms with Gasteiger partial charge in [-0.3, -0.25) is 0 Å². The number of aryl methyl sites for hydroxylation is 1. The SMILES string of the molecule is CNS(=O)(=O)c1cc(N)ccc1Nc1cc(C)cc(Br)c1. The molecule has 0 aromatic heterocycles. The summed E-state index contributed by atoms with van der Waals surface area (Å²) < 4.78 is 27.4.